The SMILES string of the molecule is CC(Sc1cccc(NC(=O)Cc2ccccc2)c1)C(=O)Nc1scc(-c2ccccc2)c1C#N. The fraction of sp³-hybridized carbons (Fsp3) is 0.107. The number of carbonyl (C=O) groups is 2. The number of carbonyl (C=O) groups excluding carboxylic acids is 2. The summed E-state index contributed by atoms with van der Waals surface area (Å²) in [4.78, 5) is 26.1. The molecule has 2 amide bonds. The quantitative estimate of drug-likeness (QED) is 0.269. The summed E-state index contributed by atoms with van der Waals surface area (Å²) >= 11 is 2.74. The molecule has 0 aliphatic carbocycles. The number of thioether (sulfide) groups is 1. The molecule has 0 radical (unpaired) electrons. The molecule has 0 bridgehead atoms. The maximum Gasteiger partial charge on any atom is 0.238 e. The first-order chi connectivity index (χ1) is 17.0. The molecule has 1 heterocycles. The van der Waals surface area contributed by atoms with E-state index in [-0.39, 0.29) is 11.8 Å². The number of nitrogens with zero attached hydrogens (tertiary/aromatic N) is 1. The van der Waals surface area contributed by atoms with Crippen LogP contribution in [0.2, 0.25) is 0 Å². The molecule has 3 aromatic carbocycles. The third-order valence-corrected chi connectivity index (χ3v) is 7.22. The van der Waals surface area contributed by atoms with Crippen LogP contribution >= 0.6 is 23.1 Å². The Labute approximate surface area is 212 Å². The number of thiophene rings is 1. The molecular formula is C28H23N3O2S2. The standard InChI is InChI=1S/C28H23N3O2S2/c1-19(27(33)31-28-24(17-29)25(18-34-28)21-11-6-3-7-12-21)35-23-14-8-13-22(16-23)30-26(32)15-20-9-4-2-5-10-20/h2-14,16,18-19H,15H2,1H3,(H,30,32)(H,31,33). The third-order valence-electron chi connectivity index (χ3n) is 5.23. The Morgan fingerprint density at radius 3 is 2.40 bits per heavy atom. The van der Waals surface area contributed by atoms with Crippen LogP contribution in [0.25, 0.3) is 11.1 Å². The zero-order valence-electron chi connectivity index (χ0n) is 19.0. The van der Waals surface area contributed by atoms with Gasteiger partial charge in [0.25, 0.3) is 0 Å². The van der Waals surface area contributed by atoms with Crippen LogP contribution in [-0.4, -0.2) is 17.1 Å². The molecule has 7 heteroatoms. The average molecular weight is 498 g/mol. The van der Waals surface area contributed by atoms with Gasteiger partial charge in [0.15, 0.2) is 0 Å². The molecule has 0 saturated carbocycles. The largest absolute Gasteiger partial charge is 0.326 e. The van der Waals surface area contributed by atoms with Gasteiger partial charge < -0.3 is 10.6 Å². The van der Waals surface area contributed by atoms with E-state index in [1.54, 1.807) is 0 Å². The van der Waals surface area contributed by atoms with Gasteiger partial charge in [0, 0.05) is 21.5 Å². The van der Waals surface area contributed by atoms with Crippen molar-refractivity contribution < 1.29 is 9.59 Å². The van der Waals surface area contributed by atoms with Gasteiger partial charge >= 0.3 is 0 Å². The molecule has 0 fully saturated rings. The Kier molecular flexibility index (Phi) is 7.99. The lowest BCUT2D eigenvalue weighted by Gasteiger charge is -2.13. The molecule has 4 aromatic rings. The van der Waals surface area contributed by atoms with Crippen LogP contribution in [0.1, 0.15) is 18.1 Å². The molecular weight excluding hydrogens is 474 g/mol. The van der Waals surface area contributed by atoms with E-state index in [9.17, 15) is 14.9 Å². The minimum atomic E-state index is -0.404. The maximum atomic E-state index is 12.9. The molecule has 174 valence electrons. The van der Waals surface area contributed by atoms with Crippen LogP contribution in [0, 0.1) is 11.3 Å². The zero-order valence-corrected chi connectivity index (χ0v) is 20.7. The van der Waals surface area contributed by atoms with E-state index in [2.05, 4.69) is 16.7 Å². The van der Waals surface area contributed by atoms with E-state index in [1.807, 2.05) is 97.2 Å². The van der Waals surface area contributed by atoms with Gasteiger partial charge in [-0.05, 0) is 36.2 Å². The third kappa shape index (κ3) is 6.38. The normalized spacial score (nSPS) is 11.3. The summed E-state index contributed by atoms with van der Waals surface area (Å²) in [6, 6.07) is 28.9. The molecule has 2 N–H and O–H groups in total. The average Bonchev–Trinajstić information content (AvgIpc) is 3.27. The highest BCUT2D eigenvalue weighted by Crippen LogP contribution is 2.35. The fourth-order valence-electron chi connectivity index (χ4n) is 3.50. The number of nitriles is 1. The summed E-state index contributed by atoms with van der Waals surface area (Å²) < 4.78 is 0. The van der Waals surface area contributed by atoms with Crippen molar-refractivity contribution in [3.8, 4) is 17.2 Å². The van der Waals surface area contributed by atoms with Crippen molar-refractivity contribution in [3.63, 3.8) is 0 Å². The topological polar surface area (TPSA) is 82.0 Å². The van der Waals surface area contributed by atoms with Gasteiger partial charge in [0.1, 0.15) is 11.1 Å². The lowest BCUT2D eigenvalue weighted by Crippen LogP contribution is -2.22. The molecule has 0 aliphatic rings. The Morgan fingerprint density at radius 2 is 1.69 bits per heavy atom. The van der Waals surface area contributed by atoms with Gasteiger partial charge in [-0.3, -0.25) is 9.59 Å². The highest BCUT2D eigenvalue weighted by molar-refractivity contribution is 8.00. The molecule has 1 atom stereocenters. The van der Waals surface area contributed by atoms with Crippen molar-refractivity contribution in [3.05, 3.63) is 101 Å². The van der Waals surface area contributed by atoms with Crippen molar-refractivity contribution in [1.82, 2.24) is 0 Å². The predicted octanol–water partition coefficient (Wildman–Crippen LogP) is 6.59. The Balaban J connectivity index is 1.38. The predicted molar refractivity (Wildman–Crippen MR) is 144 cm³/mol. The Hall–Kier alpha value is -3.86. The zero-order chi connectivity index (χ0) is 24.6. The van der Waals surface area contributed by atoms with Crippen LogP contribution in [0.3, 0.4) is 0 Å². The highest BCUT2D eigenvalue weighted by atomic mass is 32.2. The first kappa shape index (κ1) is 24.3. The van der Waals surface area contributed by atoms with Crippen molar-refractivity contribution in [1.29, 1.82) is 5.26 Å². The number of hydrogen-bond acceptors (Lipinski definition) is 5. The monoisotopic (exact) mass is 497 g/mol. The van der Waals surface area contributed by atoms with Gasteiger partial charge in [-0.15, -0.1) is 23.1 Å². The van der Waals surface area contributed by atoms with Gasteiger partial charge in [-0.25, -0.2) is 0 Å². The van der Waals surface area contributed by atoms with E-state index in [4.69, 9.17) is 0 Å². The molecule has 1 unspecified atom stereocenters. The van der Waals surface area contributed by atoms with E-state index < -0.39 is 5.25 Å². The van der Waals surface area contributed by atoms with Crippen molar-refractivity contribution >= 4 is 45.6 Å². The summed E-state index contributed by atoms with van der Waals surface area (Å²) in [7, 11) is 0. The second-order valence-corrected chi connectivity index (χ2v) is 10.1. The number of anilines is 2. The van der Waals surface area contributed by atoms with E-state index >= 15 is 0 Å². The molecule has 5 nitrogen and oxygen atoms in total. The smallest absolute Gasteiger partial charge is 0.238 e. The second-order valence-electron chi connectivity index (χ2n) is 7.82. The van der Waals surface area contributed by atoms with Crippen LogP contribution in [0.5, 0.6) is 0 Å². The number of hydrogen-bond donors (Lipinski definition) is 2. The van der Waals surface area contributed by atoms with Gasteiger partial charge in [-0.1, -0.05) is 66.7 Å². The summed E-state index contributed by atoms with van der Waals surface area (Å²) in [5, 5.41) is 17.6. The molecule has 0 spiro atoms. The van der Waals surface area contributed by atoms with E-state index in [1.165, 1.54) is 23.1 Å². The molecule has 4 rings (SSSR count). The fourth-order valence-corrected chi connectivity index (χ4v) is 5.34. The highest BCUT2D eigenvalue weighted by Gasteiger charge is 2.20. The van der Waals surface area contributed by atoms with Gasteiger partial charge in [0.05, 0.1) is 17.2 Å². The molecule has 0 saturated heterocycles. The first-order valence-corrected chi connectivity index (χ1v) is 12.8. The van der Waals surface area contributed by atoms with Gasteiger partial charge in [-0.2, -0.15) is 5.26 Å². The van der Waals surface area contributed by atoms with Crippen molar-refractivity contribution in [2.24, 2.45) is 0 Å². The number of benzene rings is 3. The Morgan fingerprint density at radius 1 is 0.971 bits per heavy atom. The van der Waals surface area contributed by atoms with Crippen LogP contribution in [0.4, 0.5) is 10.7 Å². The number of rotatable bonds is 8. The second kappa shape index (κ2) is 11.5. The van der Waals surface area contributed by atoms with E-state index in [0.717, 1.165) is 21.6 Å². The van der Waals surface area contributed by atoms with Crippen LogP contribution in [-0.2, 0) is 16.0 Å². The molecule has 1 aromatic heterocycles. The summed E-state index contributed by atoms with van der Waals surface area (Å²) in [5.74, 6) is -0.286. The van der Waals surface area contributed by atoms with Crippen molar-refractivity contribution in [2.45, 2.75) is 23.5 Å². The van der Waals surface area contributed by atoms with Crippen LogP contribution in [0.15, 0.2) is 95.2 Å². The Bertz CT molecular complexity index is 1360. The van der Waals surface area contributed by atoms with E-state index in [0.29, 0.717) is 22.7 Å². The van der Waals surface area contributed by atoms with Crippen LogP contribution < -0.4 is 10.6 Å². The minimum Gasteiger partial charge on any atom is -0.326 e. The number of amides is 2. The maximum absolute atomic E-state index is 12.9. The number of nitrogens with one attached hydrogen (secondary N) is 2. The lowest BCUT2D eigenvalue weighted by atomic mass is 10.1. The summed E-state index contributed by atoms with van der Waals surface area (Å²) in [6.45, 7) is 1.82. The first-order valence-electron chi connectivity index (χ1n) is 11.0. The van der Waals surface area contributed by atoms with Crippen molar-refractivity contribution in [2.75, 3.05) is 10.6 Å². The summed E-state index contributed by atoms with van der Waals surface area (Å²) in [6.07, 6.45) is 0.296. The minimum absolute atomic E-state index is 0.0971. The molecule has 0 aliphatic heterocycles. The molecule has 35 heavy (non-hydrogen) atoms. The lowest BCUT2D eigenvalue weighted by molar-refractivity contribution is -0.116. The summed E-state index contributed by atoms with van der Waals surface area (Å²) in [5.41, 5.74) is 3.85. The van der Waals surface area contributed by atoms with Gasteiger partial charge in [0.2, 0.25) is 11.8 Å².